The number of nitrogens with one attached hydrogen (secondary N) is 1. The number of benzene rings is 1. The summed E-state index contributed by atoms with van der Waals surface area (Å²) in [7, 11) is 0. The first-order valence-corrected chi connectivity index (χ1v) is 6.71. The van der Waals surface area contributed by atoms with Gasteiger partial charge >= 0.3 is 0 Å². The molecule has 0 saturated carbocycles. The predicted molar refractivity (Wildman–Crippen MR) is 73.4 cm³/mol. The van der Waals surface area contributed by atoms with Crippen molar-refractivity contribution in [2.45, 2.75) is 45.2 Å². The van der Waals surface area contributed by atoms with Gasteiger partial charge in [0.1, 0.15) is 0 Å². The molecule has 0 radical (unpaired) electrons. The molecule has 0 fully saturated rings. The number of hydrogen-bond donors (Lipinski definition) is 2. The van der Waals surface area contributed by atoms with Crippen LogP contribution in [0.2, 0.25) is 5.02 Å². The van der Waals surface area contributed by atoms with Crippen LogP contribution in [0, 0.1) is 0 Å². The second-order valence-corrected chi connectivity index (χ2v) is 4.78. The summed E-state index contributed by atoms with van der Waals surface area (Å²) in [4.78, 5) is 0. The van der Waals surface area contributed by atoms with E-state index in [1.54, 1.807) is 0 Å². The van der Waals surface area contributed by atoms with Crippen molar-refractivity contribution in [2.24, 2.45) is 0 Å². The van der Waals surface area contributed by atoms with Crippen LogP contribution in [0.15, 0.2) is 24.3 Å². The average molecular weight is 256 g/mol. The molecule has 1 aromatic carbocycles. The largest absolute Gasteiger partial charge is 0.395 e. The van der Waals surface area contributed by atoms with Crippen molar-refractivity contribution < 1.29 is 5.11 Å². The zero-order valence-corrected chi connectivity index (χ0v) is 11.4. The molecule has 0 amide bonds. The van der Waals surface area contributed by atoms with Crippen molar-refractivity contribution in [3.8, 4) is 0 Å². The topological polar surface area (TPSA) is 32.3 Å². The molecule has 0 spiro atoms. The summed E-state index contributed by atoms with van der Waals surface area (Å²) in [5.74, 6) is 0. The zero-order valence-electron chi connectivity index (χ0n) is 10.6. The molecule has 0 aromatic heterocycles. The van der Waals surface area contributed by atoms with E-state index in [1.807, 2.05) is 12.1 Å². The Morgan fingerprint density at radius 2 is 1.88 bits per heavy atom. The van der Waals surface area contributed by atoms with Crippen LogP contribution in [0.5, 0.6) is 0 Å². The van der Waals surface area contributed by atoms with Crippen LogP contribution in [0.25, 0.3) is 0 Å². The Bertz CT molecular complexity index is 309. The van der Waals surface area contributed by atoms with E-state index < -0.39 is 0 Å². The van der Waals surface area contributed by atoms with Crippen LogP contribution in [-0.2, 0) is 0 Å². The van der Waals surface area contributed by atoms with Crippen LogP contribution >= 0.6 is 11.6 Å². The summed E-state index contributed by atoms with van der Waals surface area (Å²) in [5, 5.41) is 13.5. The molecule has 3 heteroatoms. The van der Waals surface area contributed by atoms with E-state index in [-0.39, 0.29) is 12.6 Å². The Kier molecular flexibility index (Phi) is 6.56. The molecule has 1 rings (SSSR count). The summed E-state index contributed by atoms with van der Waals surface area (Å²) in [6.07, 6.45) is 3.12. The van der Waals surface area contributed by atoms with Crippen molar-refractivity contribution in [1.29, 1.82) is 0 Å². The molecular formula is C14H22ClNO. The quantitative estimate of drug-likeness (QED) is 0.781. The molecule has 0 heterocycles. The average Bonchev–Trinajstić information content (AvgIpc) is 2.35. The maximum absolute atomic E-state index is 9.25. The maximum atomic E-state index is 9.25. The second-order valence-electron chi connectivity index (χ2n) is 4.35. The maximum Gasteiger partial charge on any atom is 0.0584 e. The van der Waals surface area contributed by atoms with Crippen LogP contribution in [0.4, 0.5) is 0 Å². The second kappa shape index (κ2) is 7.70. The van der Waals surface area contributed by atoms with Gasteiger partial charge in [0.25, 0.3) is 0 Å². The fourth-order valence-electron chi connectivity index (χ4n) is 1.91. The third-order valence-corrected chi connectivity index (χ3v) is 3.25. The Morgan fingerprint density at radius 1 is 1.24 bits per heavy atom. The van der Waals surface area contributed by atoms with Gasteiger partial charge in [0.15, 0.2) is 0 Å². The van der Waals surface area contributed by atoms with E-state index in [0.29, 0.717) is 6.04 Å². The van der Waals surface area contributed by atoms with E-state index in [0.717, 1.165) is 24.3 Å². The normalized spacial score (nSPS) is 14.6. The minimum Gasteiger partial charge on any atom is -0.395 e. The Hall–Kier alpha value is -0.570. The Labute approximate surface area is 109 Å². The van der Waals surface area contributed by atoms with Gasteiger partial charge in [-0.2, -0.15) is 0 Å². The van der Waals surface area contributed by atoms with E-state index in [9.17, 15) is 5.11 Å². The summed E-state index contributed by atoms with van der Waals surface area (Å²) in [5.41, 5.74) is 1.24. The van der Waals surface area contributed by atoms with Gasteiger partial charge in [-0.15, -0.1) is 0 Å². The van der Waals surface area contributed by atoms with Crippen molar-refractivity contribution in [2.75, 3.05) is 6.61 Å². The molecule has 96 valence electrons. The first kappa shape index (κ1) is 14.5. The minimum atomic E-state index is 0.169. The molecule has 2 atom stereocenters. The summed E-state index contributed by atoms with van der Waals surface area (Å²) >= 11 is 5.89. The highest BCUT2D eigenvalue weighted by Crippen LogP contribution is 2.21. The van der Waals surface area contributed by atoms with Gasteiger partial charge in [0, 0.05) is 17.1 Å². The number of rotatable bonds is 7. The number of aliphatic hydroxyl groups excluding tert-OH is 1. The van der Waals surface area contributed by atoms with E-state index >= 15 is 0 Å². The molecule has 0 aliphatic heterocycles. The summed E-state index contributed by atoms with van der Waals surface area (Å²) < 4.78 is 0. The van der Waals surface area contributed by atoms with Crippen molar-refractivity contribution in [3.05, 3.63) is 34.9 Å². The fourth-order valence-corrected chi connectivity index (χ4v) is 2.04. The number of hydrogen-bond acceptors (Lipinski definition) is 2. The lowest BCUT2D eigenvalue weighted by molar-refractivity contribution is 0.225. The van der Waals surface area contributed by atoms with Crippen molar-refractivity contribution in [1.82, 2.24) is 5.32 Å². The van der Waals surface area contributed by atoms with Gasteiger partial charge in [0.2, 0.25) is 0 Å². The molecule has 0 bridgehead atoms. The van der Waals surface area contributed by atoms with E-state index in [1.165, 1.54) is 5.56 Å². The van der Waals surface area contributed by atoms with Gasteiger partial charge in [0.05, 0.1) is 6.61 Å². The fraction of sp³-hybridized carbons (Fsp3) is 0.571. The standard InChI is InChI=1S/C14H22ClNO/c1-3-5-14(16-13(4-2)10-17)11-6-8-12(15)9-7-11/h6-9,13-14,16-17H,3-5,10H2,1-2H3/t13-,14?/m0/s1. The predicted octanol–water partition coefficient (Wildman–Crippen LogP) is 3.54. The van der Waals surface area contributed by atoms with E-state index in [4.69, 9.17) is 11.6 Å². The molecule has 17 heavy (non-hydrogen) atoms. The van der Waals surface area contributed by atoms with Gasteiger partial charge < -0.3 is 10.4 Å². The van der Waals surface area contributed by atoms with Crippen molar-refractivity contribution in [3.63, 3.8) is 0 Å². The highest BCUT2D eigenvalue weighted by atomic mass is 35.5. The highest BCUT2D eigenvalue weighted by molar-refractivity contribution is 6.30. The van der Waals surface area contributed by atoms with Crippen LogP contribution in [-0.4, -0.2) is 17.8 Å². The first-order chi connectivity index (χ1) is 8.21. The third kappa shape index (κ3) is 4.66. The van der Waals surface area contributed by atoms with Crippen molar-refractivity contribution >= 4 is 11.6 Å². The van der Waals surface area contributed by atoms with Crippen LogP contribution in [0.3, 0.4) is 0 Å². The third-order valence-electron chi connectivity index (χ3n) is 3.00. The molecule has 2 N–H and O–H groups in total. The Morgan fingerprint density at radius 3 is 2.35 bits per heavy atom. The molecular weight excluding hydrogens is 234 g/mol. The molecule has 0 saturated heterocycles. The van der Waals surface area contributed by atoms with Gasteiger partial charge in [-0.3, -0.25) is 0 Å². The lowest BCUT2D eigenvalue weighted by atomic mass is 10.0. The SMILES string of the molecule is CCCC(N[C@@H](CC)CO)c1ccc(Cl)cc1. The smallest absolute Gasteiger partial charge is 0.0584 e. The zero-order chi connectivity index (χ0) is 12.7. The molecule has 0 aliphatic rings. The highest BCUT2D eigenvalue weighted by Gasteiger charge is 2.14. The van der Waals surface area contributed by atoms with Gasteiger partial charge in [-0.05, 0) is 30.5 Å². The minimum absolute atomic E-state index is 0.169. The van der Waals surface area contributed by atoms with E-state index in [2.05, 4.69) is 31.3 Å². The van der Waals surface area contributed by atoms with Crippen LogP contribution < -0.4 is 5.32 Å². The van der Waals surface area contributed by atoms with Gasteiger partial charge in [-0.25, -0.2) is 0 Å². The monoisotopic (exact) mass is 255 g/mol. The number of halogens is 1. The first-order valence-electron chi connectivity index (χ1n) is 6.33. The Balaban J connectivity index is 2.73. The summed E-state index contributed by atoms with van der Waals surface area (Å²) in [6, 6.07) is 8.42. The molecule has 0 aliphatic carbocycles. The molecule has 2 nitrogen and oxygen atoms in total. The lowest BCUT2D eigenvalue weighted by Gasteiger charge is -2.24. The van der Waals surface area contributed by atoms with Gasteiger partial charge in [-0.1, -0.05) is 44.0 Å². The summed E-state index contributed by atoms with van der Waals surface area (Å²) in [6.45, 7) is 4.44. The molecule has 1 unspecified atom stereocenters. The number of aliphatic hydroxyl groups is 1. The van der Waals surface area contributed by atoms with Crippen LogP contribution in [0.1, 0.15) is 44.7 Å². The lowest BCUT2D eigenvalue weighted by Crippen LogP contribution is -2.35. The molecule has 1 aromatic rings.